The smallest absolute Gasteiger partial charge is 0.315 e. The second-order valence-corrected chi connectivity index (χ2v) is 5.79. The molecule has 1 heterocycles. The number of benzene rings is 2. The van der Waals surface area contributed by atoms with Gasteiger partial charge < -0.3 is 15.2 Å². The average Bonchev–Trinajstić information content (AvgIpc) is 3.14. The lowest BCUT2D eigenvalue weighted by atomic mass is 10.1. The molecule has 0 aliphatic carbocycles. The van der Waals surface area contributed by atoms with Crippen molar-refractivity contribution in [3.05, 3.63) is 71.9 Å². The summed E-state index contributed by atoms with van der Waals surface area (Å²) < 4.78 is 18.7. The van der Waals surface area contributed by atoms with E-state index in [0.717, 1.165) is 5.56 Å². The number of nitrogens with one attached hydrogen (secondary N) is 2. The van der Waals surface area contributed by atoms with Crippen LogP contribution in [-0.4, -0.2) is 22.7 Å². The van der Waals surface area contributed by atoms with E-state index in [0.29, 0.717) is 30.2 Å². The Labute approximate surface area is 150 Å². The third-order valence-corrected chi connectivity index (χ3v) is 3.83. The molecule has 0 spiro atoms. The van der Waals surface area contributed by atoms with E-state index in [2.05, 4.69) is 20.8 Å². The predicted octanol–water partition coefficient (Wildman–Crippen LogP) is 3.48. The molecular formula is C19H19FN4O2. The number of rotatable bonds is 6. The zero-order chi connectivity index (χ0) is 18.4. The maximum absolute atomic E-state index is 13.5. The van der Waals surface area contributed by atoms with Gasteiger partial charge in [0.25, 0.3) is 0 Å². The Morgan fingerprint density at radius 1 is 1.15 bits per heavy atom. The molecule has 2 aromatic carbocycles. The molecule has 2 N–H and O–H groups in total. The molecular weight excluding hydrogens is 335 g/mol. The number of hydrogen-bond donors (Lipinski definition) is 2. The van der Waals surface area contributed by atoms with Crippen molar-refractivity contribution in [1.82, 2.24) is 20.8 Å². The summed E-state index contributed by atoms with van der Waals surface area (Å²) in [6, 6.07) is 15.1. The monoisotopic (exact) mass is 354 g/mol. The molecule has 0 aliphatic rings. The zero-order valence-electron chi connectivity index (χ0n) is 14.3. The van der Waals surface area contributed by atoms with E-state index >= 15 is 0 Å². The molecule has 0 fully saturated rings. The van der Waals surface area contributed by atoms with Crippen molar-refractivity contribution < 1.29 is 13.7 Å². The van der Waals surface area contributed by atoms with Crippen molar-refractivity contribution in [2.45, 2.75) is 19.4 Å². The van der Waals surface area contributed by atoms with Crippen LogP contribution in [0.25, 0.3) is 11.4 Å². The summed E-state index contributed by atoms with van der Waals surface area (Å²) in [6.07, 6.45) is 0.410. The first-order chi connectivity index (χ1) is 12.6. The Bertz CT molecular complexity index is 867. The van der Waals surface area contributed by atoms with Crippen molar-refractivity contribution in [3.8, 4) is 11.4 Å². The summed E-state index contributed by atoms with van der Waals surface area (Å²) >= 11 is 0. The van der Waals surface area contributed by atoms with Gasteiger partial charge in [-0.05, 0) is 25.0 Å². The molecule has 2 amide bonds. The van der Waals surface area contributed by atoms with Crippen LogP contribution in [0.1, 0.15) is 24.4 Å². The van der Waals surface area contributed by atoms with E-state index in [-0.39, 0.29) is 11.8 Å². The van der Waals surface area contributed by atoms with Gasteiger partial charge in [0, 0.05) is 12.1 Å². The fraction of sp³-hybridized carbons (Fsp3) is 0.211. The van der Waals surface area contributed by atoms with Crippen LogP contribution in [0.3, 0.4) is 0 Å². The number of nitrogens with zero attached hydrogens (tertiary/aromatic N) is 2. The normalized spacial score (nSPS) is 11.8. The van der Waals surface area contributed by atoms with Crippen LogP contribution in [0.2, 0.25) is 0 Å². The van der Waals surface area contributed by atoms with Gasteiger partial charge in [0.15, 0.2) is 0 Å². The number of halogens is 1. The number of carbonyl (C=O) groups excluding carboxylic acids is 1. The molecule has 26 heavy (non-hydrogen) atoms. The average molecular weight is 354 g/mol. The van der Waals surface area contributed by atoms with E-state index in [1.807, 2.05) is 30.3 Å². The van der Waals surface area contributed by atoms with E-state index < -0.39 is 6.04 Å². The summed E-state index contributed by atoms with van der Waals surface area (Å²) in [7, 11) is 0. The van der Waals surface area contributed by atoms with Gasteiger partial charge in [-0.15, -0.1) is 0 Å². The molecule has 7 heteroatoms. The van der Waals surface area contributed by atoms with Crippen LogP contribution in [0.4, 0.5) is 9.18 Å². The Kier molecular flexibility index (Phi) is 5.58. The van der Waals surface area contributed by atoms with Crippen LogP contribution in [0.15, 0.2) is 59.1 Å². The van der Waals surface area contributed by atoms with Gasteiger partial charge in [-0.25, -0.2) is 9.18 Å². The van der Waals surface area contributed by atoms with Crippen LogP contribution >= 0.6 is 0 Å². The molecule has 1 unspecified atom stereocenters. The summed E-state index contributed by atoms with van der Waals surface area (Å²) in [5, 5.41) is 9.34. The number of hydrogen-bond acceptors (Lipinski definition) is 4. The topological polar surface area (TPSA) is 80.0 Å². The van der Waals surface area contributed by atoms with E-state index in [9.17, 15) is 9.18 Å². The Morgan fingerprint density at radius 3 is 2.65 bits per heavy atom. The van der Waals surface area contributed by atoms with Crippen LogP contribution in [0.5, 0.6) is 0 Å². The molecule has 3 rings (SSSR count). The second-order valence-electron chi connectivity index (χ2n) is 5.79. The molecule has 0 aliphatic heterocycles. The fourth-order valence-electron chi connectivity index (χ4n) is 2.44. The lowest BCUT2D eigenvalue weighted by Gasteiger charge is -2.11. The third-order valence-electron chi connectivity index (χ3n) is 3.83. The highest BCUT2D eigenvalue weighted by atomic mass is 19.1. The summed E-state index contributed by atoms with van der Waals surface area (Å²) in [4.78, 5) is 16.3. The van der Waals surface area contributed by atoms with Crippen LogP contribution < -0.4 is 10.6 Å². The quantitative estimate of drug-likeness (QED) is 0.710. The Balaban J connectivity index is 1.50. The molecule has 0 saturated heterocycles. The van der Waals surface area contributed by atoms with Crippen LogP contribution in [0, 0.1) is 5.82 Å². The molecule has 0 radical (unpaired) electrons. The Hall–Kier alpha value is -3.22. The molecule has 3 aromatic rings. The van der Waals surface area contributed by atoms with Gasteiger partial charge in [0.1, 0.15) is 11.9 Å². The summed E-state index contributed by atoms with van der Waals surface area (Å²) in [5.74, 6) is 0.504. The first-order valence-corrected chi connectivity index (χ1v) is 8.30. The van der Waals surface area contributed by atoms with Crippen molar-refractivity contribution in [2.24, 2.45) is 0 Å². The maximum Gasteiger partial charge on any atom is 0.315 e. The van der Waals surface area contributed by atoms with Crippen molar-refractivity contribution in [2.75, 3.05) is 6.54 Å². The molecule has 1 aromatic heterocycles. The molecule has 0 bridgehead atoms. The number of aromatic nitrogens is 2. The number of urea groups is 1. The lowest BCUT2D eigenvalue weighted by molar-refractivity contribution is 0.234. The first kappa shape index (κ1) is 17.6. The van der Waals surface area contributed by atoms with Gasteiger partial charge in [-0.1, -0.05) is 53.7 Å². The zero-order valence-corrected chi connectivity index (χ0v) is 14.3. The summed E-state index contributed by atoms with van der Waals surface area (Å²) in [6.45, 7) is 2.07. The standard InChI is InChI=1S/C19H19FN4O2/c1-13(18-23-17(24-26-18)15-8-3-2-4-9-15)22-19(25)21-12-11-14-7-5-6-10-16(14)20/h2-10,13H,11-12H2,1H3,(H2,21,22,25). The van der Waals surface area contributed by atoms with E-state index in [1.54, 1.807) is 25.1 Å². The largest absolute Gasteiger partial charge is 0.338 e. The molecule has 134 valence electrons. The molecule has 6 nitrogen and oxygen atoms in total. The van der Waals surface area contributed by atoms with E-state index in [1.165, 1.54) is 6.07 Å². The minimum Gasteiger partial charge on any atom is -0.338 e. The first-order valence-electron chi connectivity index (χ1n) is 8.30. The predicted molar refractivity (Wildman–Crippen MR) is 94.8 cm³/mol. The van der Waals surface area contributed by atoms with E-state index in [4.69, 9.17) is 4.52 Å². The highest BCUT2D eigenvalue weighted by molar-refractivity contribution is 5.74. The highest BCUT2D eigenvalue weighted by Crippen LogP contribution is 2.18. The number of amides is 2. The summed E-state index contributed by atoms with van der Waals surface area (Å²) in [5.41, 5.74) is 1.40. The minimum absolute atomic E-state index is 0.276. The fourth-order valence-corrected chi connectivity index (χ4v) is 2.44. The van der Waals surface area contributed by atoms with Gasteiger partial charge >= 0.3 is 6.03 Å². The third kappa shape index (κ3) is 4.44. The van der Waals surface area contributed by atoms with Crippen molar-refractivity contribution in [3.63, 3.8) is 0 Å². The molecule has 1 atom stereocenters. The lowest BCUT2D eigenvalue weighted by Crippen LogP contribution is -2.38. The second kappa shape index (κ2) is 8.24. The molecule has 0 saturated carbocycles. The van der Waals surface area contributed by atoms with Gasteiger partial charge in [0.2, 0.25) is 11.7 Å². The van der Waals surface area contributed by atoms with Crippen molar-refractivity contribution >= 4 is 6.03 Å². The van der Waals surface area contributed by atoms with Gasteiger partial charge in [0.05, 0.1) is 0 Å². The van der Waals surface area contributed by atoms with Gasteiger partial charge in [-0.3, -0.25) is 0 Å². The van der Waals surface area contributed by atoms with Crippen molar-refractivity contribution in [1.29, 1.82) is 0 Å². The Morgan fingerprint density at radius 2 is 1.88 bits per heavy atom. The maximum atomic E-state index is 13.5. The SMILES string of the molecule is CC(NC(=O)NCCc1ccccc1F)c1nc(-c2ccccc2)no1. The highest BCUT2D eigenvalue weighted by Gasteiger charge is 2.17. The minimum atomic E-state index is -0.451. The van der Waals surface area contributed by atoms with Crippen LogP contribution in [-0.2, 0) is 6.42 Å². The van der Waals surface area contributed by atoms with Gasteiger partial charge in [-0.2, -0.15) is 4.98 Å². The number of carbonyl (C=O) groups is 1.